The molecule has 1 aliphatic heterocycles. The van der Waals surface area contributed by atoms with Crippen molar-refractivity contribution in [3.05, 3.63) is 57.1 Å². The topological polar surface area (TPSA) is 111 Å². The van der Waals surface area contributed by atoms with Gasteiger partial charge in [-0.15, -0.1) is 0 Å². The van der Waals surface area contributed by atoms with Gasteiger partial charge in [-0.25, -0.2) is 0 Å². The highest BCUT2D eigenvalue weighted by Crippen LogP contribution is 2.31. The minimum atomic E-state index is -0.927. The zero-order valence-corrected chi connectivity index (χ0v) is 19.5. The molecule has 0 saturated heterocycles. The van der Waals surface area contributed by atoms with Crippen molar-refractivity contribution in [3.63, 3.8) is 0 Å². The van der Waals surface area contributed by atoms with Crippen LogP contribution < -0.4 is 14.8 Å². The van der Waals surface area contributed by atoms with Crippen LogP contribution in [0.4, 0.5) is 0 Å². The van der Waals surface area contributed by atoms with Crippen molar-refractivity contribution in [1.82, 2.24) is 10.2 Å². The molecule has 1 N–H and O–H groups in total. The van der Waals surface area contributed by atoms with Crippen LogP contribution in [0.15, 0.2) is 30.3 Å². The van der Waals surface area contributed by atoms with E-state index in [-0.39, 0.29) is 21.2 Å². The molecule has 33 heavy (non-hydrogen) atoms. The van der Waals surface area contributed by atoms with Crippen molar-refractivity contribution >= 4 is 46.9 Å². The minimum absolute atomic E-state index is 0.0426. The van der Waals surface area contributed by atoms with E-state index in [4.69, 9.17) is 37.4 Å². The Morgan fingerprint density at radius 3 is 2.15 bits per heavy atom. The second kappa shape index (κ2) is 10.1. The lowest BCUT2D eigenvalue weighted by molar-refractivity contribution is -0.148. The van der Waals surface area contributed by atoms with Gasteiger partial charge in [-0.3, -0.25) is 24.1 Å². The highest BCUT2D eigenvalue weighted by Gasteiger charge is 2.37. The third-order valence-corrected chi connectivity index (χ3v) is 5.67. The van der Waals surface area contributed by atoms with Gasteiger partial charge in [-0.1, -0.05) is 23.2 Å². The van der Waals surface area contributed by atoms with E-state index in [2.05, 4.69) is 5.32 Å². The molecule has 0 aliphatic carbocycles. The molecule has 1 heterocycles. The number of nitrogens with one attached hydrogen (secondary N) is 1. The summed E-state index contributed by atoms with van der Waals surface area (Å²) in [5, 5.41) is 2.91. The lowest BCUT2D eigenvalue weighted by Crippen LogP contribution is -2.37. The van der Waals surface area contributed by atoms with Crippen LogP contribution in [0.25, 0.3) is 0 Å². The van der Waals surface area contributed by atoms with Crippen LogP contribution in [-0.4, -0.2) is 56.0 Å². The smallest absolute Gasteiger partial charge is 0.326 e. The molecule has 1 aliphatic rings. The van der Waals surface area contributed by atoms with Crippen LogP contribution in [0.1, 0.15) is 39.2 Å². The fourth-order valence-corrected chi connectivity index (χ4v) is 3.61. The molecule has 0 spiro atoms. The Bertz CT molecular complexity index is 1090. The molecule has 0 aromatic heterocycles. The van der Waals surface area contributed by atoms with Gasteiger partial charge >= 0.3 is 5.97 Å². The Morgan fingerprint density at radius 2 is 1.61 bits per heavy atom. The average Bonchev–Trinajstić information content (AvgIpc) is 3.01. The summed E-state index contributed by atoms with van der Waals surface area (Å²) in [5.41, 5.74) is 0.752. The number of methoxy groups -OCH3 is 2. The first-order valence-corrected chi connectivity index (χ1v) is 10.4. The molecule has 0 fully saturated rings. The summed E-state index contributed by atoms with van der Waals surface area (Å²) in [7, 11) is 3.02. The predicted octanol–water partition coefficient (Wildman–Crippen LogP) is 3.03. The van der Waals surface area contributed by atoms with Crippen molar-refractivity contribution in [2.75, 3.05) is 27.4 Å². The van der Waals surface area contributed by atoms with Gasteiger partial charge in [0.1, 0.15) is 18.0 Å². The number of benzene rings is 2. The number of esters is 1. The largest absolute Gasteiger partial charge is 0.497 e. The number of nitrogens with zero attached hydrogens (tertiary/aromatic N) is 1. The minimum Gasteiger partial charge on any atom is -0.497 e. The number of rotatable bonds is 8. The quantitative estimate of drug-likeness (QED) is 0.443. The molecule has 9 nitrogen and oxygen atoms in total. The molecule has 3 rings (SSSR count). The second-order valence-corrected chi connectivity index (χ2v) is 7.88. The molecule has 1 atom stereocenters. The maximum absolute atomic E-state index is 12.5. The van der Waals surface area contributed by atoms with Crippen molar-refractivity contribution in [2.24, 2.45) is 0 Å². The molecule has 3 amide bonds. The monoisotopic (exact) mass is 494 g/mol. The Labute approximate surface area is 199 Å². The number of carbonyl (C=O) groups is 4. The van der Waals surface area contributed by atoms with Gasteiger partial charge in [0.05, 0.1) is 41.4 Å². The lowest BCUT2D eigenvalue weighted by Gasteiger charge is -2.18. The standard InChI is InChI=1S/C22H20Cl2N2O7/c1-11(13-6-12(31-2)4-5-18(13)32-3)25-19(27)10-33-20(28)9-26-21(29)14-7-16(23)17(24)8-15(14)22(26)30/h4-8,11H,9-10H2,1-3H3,(H,25,27). The van der Waals surface area contributed by atoms with E-state index < -0.39 is 42.9 Å². The van der Waals surface area contributed by atoms with E-state index in [1.807, 2.05) is 0 Å². The van der Waals surface area contributed by atoms with Crippen LogP contribution in [0, 0.1) is 0 Å². The van der Waals surface area contributed by atoms with E-state index in [0.717, 1.165) is 0 Å². The molecule has 2 aromatic rings. The maximum Gasteiger partial charge on any atom is 0.326 e. The summed E-state index contributed by atoms with van der Waals surface area (Å²) in [6.45, 7) is 0.469. The van der Waals surface area contributed by atoms with Gasteiger partial charge in [0, 0.05) is 5.56 Å². The molecule has 2 aromatic carbocycles. The van der Waals surface area contributed by atoms with Crippen molar-refractivity contribution in [1.29, 1.82) is 0 Å². The molecule has 0 radical (unpaired) electrons. The third-order valence-electron chi connectivity index (χ3n) is 4.94. The van der Waals surface area contributed by atoms with E-state index in [1.54, 1.807) is 25.1 Å². The number of carbonyl (C=O) groups excluding carboxylic acids is 4. The average molecular weight is 495 g/mol. The highest BCUT2D eigenvalue weighted by molar-refractivity contribution is 6.43. The summed E-state index contributed by atoms with van der Waals surface area (Å²) in [6.07, 6.45) is 0. The van der Waals surface area contributed by atoms with Crippen LogP contribution in [0.3, 0.4) is 0 Å². The molecule has 174 valence electrons. The lowest BCUT2D eigenvalue weighted by atomic mass is 10.1. The Morgan fingerprint density at radius 1 is 1.00 bits per heavy atom. The summed E-state index contributed by atoms with van der Waals surface area (Å²) in [5.74, 6) is -1.78. The van der Waals surface area contributed by atoms with Crippen molar-refractivity contribution in [3.8, 4) is 11.5 Å². The zero-order valence-electron chi connectivity index (χ0n) is 17.9. The summed E-state index contributed by atoms with van der Waals surface area (Å²) < 4.78 is 15.4. The molecule has 11 heteroatoms. The second-order valence-electron chi connectivity index (χ2n) is 7.07. The van der Waals surface area contributed by atoms with Gasteiger partial charge in [0.15, 0.2) is 6.61 Å². The van der Waals surface area contributed by atoms with Crippen LogP contribution in [0.5, 0.6) is 11.5 Å². The Balaban J connectivity index is 1.57. The van der Waals surface area contributed by atoms with Crippen molar-refractivity contribution in [2.45, 2.75) is 13.0 Å². The predicted molar refractivity (Wildman–Crippen MR) is 119 cm³/mol. The first-order valence-electron chi connectivity index (χ1n) is 9.68. The normalized spacial score (nSPS) is 13.4. The maximum atomic E-state index is 12.5. The van der Waals surface area contributed by atoms with Crippen LogP contribution in [-0.2, 0) is 14.3 Å². The highest BCUT2D eigenvalue weighted by atomic mass is 35.5. The fourth-order valence-electron chi connectivity index (χ4n) is 3.29. The van der Waals surface area contributed by atoms with Gasteiger partial charge < -0.3 is 19.5 Å². The van der Waals surface area contributed by atoms with E-state index in [0.29, 0.717) is 22.0 Å². The summed E-state index contributed by atoms with van der Waals surface area (Å²) >= 11 is 11.8. The fraction of sp³-hybridized carbons (Fsp3) is 0.273. The van der Waals surface area contributed by atoms with E-state index in [9.17, 15) is 19.2 Å². The van der Waals surface area contributed by atoms with Gasteiger partial charge in [0.25, 0.3) is 17.7 Å². The molecular weight excluding hydrogens is 475 g/mol. The van der Waals surface area contributed by atoms with E-state index >= 15 is 0 Å². The number of halogens is 2. The van der Waals surface area contributed by atoms with E-state index in [1.165, 1.54) is 26.4 Å². The molecule has 0 bridgehead atoms. The number of imide groups is 1. The van der Waals surface area contributed by atoms with Gasteiger partial charge in [-0.2, -0.15) is 0 Å². The van der Waals surface area contributed by atoms with Crippen molar-refractivity contribution < 1.29 is 33.4 Å². The van der Waals surface area contributed by atoms with Crippen LogP contribution >= 0.6 is 23.2 Å². The van der Waals surface area contributed by atoms with Crippen LogP contribution in [0.2, 0.25) is 10.0 Å². The van der Waals surface area contributed by atoms with Gasteiger partial charge in [0.2, 0.25) is 0 Å². The van der Waals surface area contributed by atoms with Gasteiger partial charge in [-0.05, 0) is 37.3 Å². The number of fused-ring (bicyclic) bond motifs is 1. The SMILES string of the molecule is COc1ccc(OC)c(C(C)NC(=O)COC(=O)CN2C(=O)c3cc(Cl)c(Cl)cc3C2=O)c1. The summed E-state index contributed by atoms with van der Waals surface area (Å²) in [6, 6.07) is 7.21. The Hall–Kier alpha value is -3.30. The summed E-state index contributed by atoms with van der Waals surface area (Å²) in [4.78, 5) is 50.1. The molecular formula is C22H20Cl2N2O7. The first kappa shape index (κ1) is 24.3. The Kier molecular flexibility index (Phi) is 7.45. The first-order chi connectivity index (χ1) is 15.7. The molecule has 1 unspecified atom stereocenters. The number of ether oxygens (including phenoxy) is 3. The number of hydrogen-bond acceptors (Lipinski definition) is 7. The number of hydrogen-bond donors (Lipinski definition) is 1. The third kappa shape index (κ3) is 5.20. The molecule has 0 saturated carbocycles. The zero-order chi connectivity index (χ0) is 24.3. The number of amides is 3.